The summed E-state index contributed by atoms with van der Waals surface area (Å²) >= 11 is 4.60. The second-order valence-electron chi connectivity index (χ2n) is 8.36. The van der Waals surface area contributed by atoms with Crippen LogP contribution >= 0.6 is 12.6 Å². The maximum Gasteiger partial charge on any atom is 0.415 e. The van der Waals surface area contributed by atoms with Crippen LogP contribution in [0.5, 0.6) is 23.1 Å². The van der Waals surface area contributed by atoms with Crippen LogP contribution in [0.3, 0.4) is 0 Å². The van der Waals surface area contributed by atoms with Gasteiger partial charge in [0, 0.05) is 50.6 Å². The van der Waals surface area contributed by atoms with E-state index in [0.29, 0.717) is 30.5 Å². The Kier molecular flexibility index (Phi) is 7.37. The molecule has 0 spiro atoms. The number of amides is 1. The molecular weight excluding hydrogens is 476 g/mol. The largest absolute Gasteiger partial charge is 0.490 e. The highest BCUT2D eigenvalue weighted by Crippen LogP contribution is 2.28. The average Bonchev–Trinajstić information content (AvgIpc) is 3.46. The molecule has 1 N–H and O–H groups in total. The van der Waals surface area contributed by atoms with Crippen molar-refractivity contribution in [2.75, 3.05) is 13.1 Å². The fourth-order valence-electron chi connectivity index (χ4n) is 3.93. The van der Waals surface area contributed by atoms with Gasteiger partial charge in [0.1, 0.15) is 29.2 Å². The highest BCUT2D eigenvalue weighted by atomic mass is 32.1. The number of likely N-dealkylation sites (tertiary alicyclic amines) is 1. The van der Waals surface area contributed by atoms with Crippen molar-refractivity contribution in [1.29, 1.82) is 0 Å². The molecule has 1 aliphatic heterocycles. The van der Waals surface area contributed by atoms with Gasteiger partial charge in [-0.15, -0.1) is 0 Å². The Morgan fingerprint density at radius 3 is 2.31 bits per heavy atom. The first-order valence-electron chi connectivity index (χ1n) is 11.7. The molecule has 2 aromatic heterocycles. The lowest BCUT2D eigenvalue weighted by Gasteiger charge is -2.31. The van der Waals surface area contributed by atoms with Gasteiger partial charge in [0.25, 0.3) is 0 Å². The first-order chi connectivity index (χ1) is 17.6. The van der Waals surface area contributed by atoms with E-state index in [1.54, 1.807) is 41.7 Å². The first kappa shape index (κ1) is 23.7. The number of aromatic nitrogens is 3. The summed E-state index contributed by atoms with van der Waals surface area (Å²) in [6, 6.07) is 20.3. The van der Waals surface area contributed by atoms with Gasteiger partial charge < -0.3 is 24.1 Å². The number of imidazole rings is 1. The number of H-pyrrole nitrogens is 1. The minimum absolute atomic E-state index is 0.0322. The molecule has 1 saturated heterocycles. The number of hydrogen-bond donors (Lipinski definition) is 2. The predicted molar refractivity (Wildman–Crippen MR) is 138 cm³/mol. The second-order valence-corrected chi connectivity index (χ2v) is 8.88. The number of nitrogens with zero attached hydrogens (tertiary/aromatic N) is 3. The Labute approximate surface area is 214 Å². The van der Waals surface area contributed by atoms with Gasteiger partial charge in [0.05, 0.1) is 5.25 Å². The van der Waals surface area contributed by atoms with Crippen LogP contribution in [-0.2, 0) is 0 Å². The molecule has 1 amide bonds. The molecule has 1 fully saturated rings. The molecule has 8 nitrogen and oxygen atoms in total. The molecule has 0 aliphatic carbocycles. The van der Waals surface area contributed by atoms with Crippen molar-refractivity contribution in [1.82, 2.24) is 19.9 Å². The number of carbonyl (C=O) groups is 1. The molecule has 9 heteroatoms. The normalized spacial score (nSPS) is 14.8. The number of aromatic amines is 1. The monoisotopic (exact) mass is 502 g/mol. The zero-order valence-corrected chi connectivity index (χ0v) is 20.4. The topological polar surface area (TPSA) is 89.6 Å². The summed E-state index contributed by atoms with van der Waals surface area (Å²) < 4.78 is 17.4. The zero-order chi connectivity index (χ0) is 24.7. The summed E-state index contributed by atoms with van der Waals surface area (Å²) in [6.07, 6.45) is 6.27. The molecule has 0 radical (unpaired) electrons. The highest BCUT2D eigenvalue weighted by Gasteiger charge is 2.25. The summed E-state index contributed by atoms with van der Waals surface area (Å²) in [4.78, 5) is 25.8. The Morgan fingerprint density at radius 2 is 1.64 bits per heavy atom. The van der Waals surface area contributed by atoms with E-state index < -0.39 is 0 Å². The van der Waals surface area contributed by atoms with Crippen LogP contribution in [0.25, 0.3) is 0 Å². The fraction of sp³-hybridized carbons (Fsp3) is 0.222. The van der Waals surface area contributed by atoms with E-state index in [0.717, 1.165) is 30.0 Å². The summed E-state index contributed by atoms with van der Waals surface area (Å²) in [5, 5.41) is -0.173. The number of pyridine rings is 1. The van der Waals surface area contributed by atoms with Crippen molar-refractivity contribution in [3.05, 3.63) is 96.7 Å². The number of benzene rings is 2. The van der Waals surface area contributed by atoms with Gasteiger partial charge in [-0.2, -0.15) is 12.6 Å². The second kappa shape index (κ2) is 11.2. The quantitative estimate of drug-likeness (QED) is 0.317. The predicted octanol–water partition coefficient (Wildman–Crippen LogP) is 5.66. The molecule has 5 rings (SSSR count). The SMILES string of the molecule is O=C(Oc1ccc(C(S)c2ncc[nH]2)cc1)N1CCC(Oc2ccc(Oc3ccccn3)cc2)CC1. The molecule has 1 atom stereocenters. The molecule has 1 unspecified atom stereocenters. The minimum Gasteiger partial charge on any atom is -0.490 e. The highest BCUT2D eigenvalue weighted by molar-refractivity contribution is 7.80. The maximum atomic E-state index is 12.6. The Hall–Kier alpha value is -3.98. The summed E-state index contributed by atoms with van der Waals surface area (Å²) in [5.74, 6) is 3.26. The van der Waals surface area contributed by atoms with Crippen LogP contribution in [0.2, 0.25) is 0 Å². The smallest absolute Gasteiger partial charge is 0.415 e. The van der Waals surface area contributed by atoms with E-state index in [2.05, 4.69) is 27.6 Å². The number of ether oxygens (including phenoxy) is 3. The third-order valence-corrected chi connectivity index (χ3v) is 6.41. The molecule has 36 heavy (non-hydrogen) atoms. The third-order valence-electron chi connectivity index (χ3n) is 5.87. The number of carbonyl (C=O) groups excluding carboxylic acids is 1. The third kappa shape index (κ3) is 5.98. The average molecular weight is 503 g/mol. The van der Waals surface area contributed by atoms with E-state index in [-0.39, 0.29) is 17.4 Å². The number of rotatable bonds is 7. The zero-order valence-electron chi connectivity index (χ0n) is 19.5. The van der Waals surface area contributed by atoms with Crippen LogP contribution < -0.4 is 14.2 Å². The molecule has 3 heterocycles. The number of nitrogens with one attached hydrogen (secondary N) is 1. The lowest BCUT2D eigenvalue weighted by atomic mass is 10.1. The van der Waals surface area contributed by atoms with Gasteiger partial charge >= 0.3 is 6.09 Å². The van der Waals surface area contributed by atoms with Crippen LogP contribution in [0.1, 0.15) is 29.5 Å². The molecular formula is C27H26N4O4S. The molecule has 1 aliphatic rings. The van der Waals surface area contributed by atoms with Crippen LogP contribution in [0.15, 0.2) is 85.3 Å². The Morgan fingerprint density at radius 1 is 0.917 bits per heavy atom. The molecule has 4 aromatic rings. The lowest BCUT2D eigenvalue weighted by molar-refractivity contribution is 0.0930. The first-order valence-corrected chi connectivity index (χ1v) is 12.3. The van der Waals surface area contributed by atoms with Crippen LogP contribution in [0, 0.1) is 0 Å². The Balaban J connectivity index is 1.07. The van der Waals surface area contributed by atoms with Crippen molar-refractivity contribution in [2.24, 2.45) is 0 Å². The fourth-order valence-corrected chi connectivity index (χ4v) is 4.24. The van der Waals surface area contributed by atoms with Crippen molar-refractivity contribution >= 4 is 18.7 Å². The standard InChI is InChI=1S/C27H26N4O4S/c32-27(35-22-6-4-19(5-7-22)25(36)26-29-15-16-30-26)31-17-12-23(13-18-31)33-20-8-10-21(11-9-20)34-24-3-1-2-14-28-24/h1-11,14-16,23,25,36H,12-13,17-18H2,(H,29,30). The van der Waals surface area contributed by atoms with Gasteiger partial charge in [-0.1, -0.05) is 18.2 Å². The molecule has 184 valence electrons. The van der Waals surface area contributed by atoms with Gasteiger partial charge in [-0.25, -0.2) is 14.8 Å². The molecule has 0 bridgehead atoms. The molecule has 0 saturated carbocycles. The van der Waals surface area contributed by atoms with Crippen LogP contribution in [0.4, 0.5) is 4.79 Å². The van der Waals surface area contributed by atoms with E-state index in [1.807, 2.05) is 48.5 Å². The van der Waals surface area contributed by atoms with Crippen LogP contribution in [-0.4, -0.2) is 45.1 Å². The van der Waals surface area contributed by atoms with Gasteiger partial charge in [-0.3, -0.25) is 0 Å². The lowest BCUT2D eigenvalue weighted by Crippen LogP contribution is -2.43. The van der Waals surface area contributed by atoms with Gasteiger partial charge in [0.2, 0.25) is 5.88 Å². The summed E-state index contributed by atoms with van der Waals surface area (Å²) in [7, 11) is 0. The summed E-state index contributed by atoms with van der Waals surface area (Å²) in [5.41, 5.74) is 0.961. The van der Waals surface area contributed by atoms with E-state index in [9.17, 15) is 4.79 Å². The number of hydrogen-bond acceptors (Lipinski definition) is 7. The number of thiol groups is 1. The summed E-state index contributed by atoms with van der Waals surface area (Å²) in [6.45, 7) is 1.14. The van der Waals surface area contributed by atoms with Gasteiger partial charge in [-0.05, 0) is 48.0 Å². The van der Waals surface area contributed by atoms with Crippen molar-refractivity contribution < 1.29 is 19.0 Å². The van der Waals surface area contributed by atoms with E-state index in [1.165, 1.54) is 0 Å². The maximum absolute atomic E-state index is 12.6. The van der Waals surface area contributed by atoms with Crippen molar-refractivity contribution in [3.8, 4) is 23.1 Å². The van der Waals surface area contributed by atoms with Crippen molar-refractivity contribution in [2.45, 2.75) is 24.2 Å². The minimum atomic E-state index is -0.356. The number of piperidine rings is 1. The van der Waals surface area contributed by atoms with Crippen molar-refractivity contribution in [3.63, 3.8) is 0 Å². The molecule has 2 aromatic carbocycles. The van der Waals surface area contributed by atoms with E-state index >= 15 is 0 Å². The Bertz CT molecular complexity index is 1240. The van der Waals surface area contributed by atoms with E-state index in [4.69, 9.17) is 14.2 Å². The van der Waals surface area contributed by atoms with Gasteiger partial charge in [0.15, 0.2) is 0 Å².